The van der Waals surface area contributed by atoms with E-state index in [0.717, 1.165) is 5.56 Å². The van der Waals surface area contributed by atoms with Crippen molar-refractivity contribution in [1.29, 1.82) is 0 Å². The van der Waals surface area contributed by atoms with E-state index < -0.39 is 5.97 Å². The molecule has 0 N–H and O–H groups in total. The van der Waals surface area contributed by atoms with Gasteiger partial charge in [-0.05, 0) is 36.8 Å². The van der Waals surface area contributed by atoms with E-state index in [4.69, 9.17) is 9.57 Å². The summed E-state index contributed by atoms with van der Waals surface area (Å²) >= 11 is 0. The molecular formula is C18H19NO4. The Hall–Kier alpha value is -2.66. The summed E-state index contributed by atoms with van der Waals surface area (Å²) in [6.45, 7) is 2.07. The third-order valence-electron chi connectivity index (χ3n) is 3.22. The number of hydrogen-bond donors (Lipinski definition) is 0. The summed E-state index contributed by atoms with van der Waals surface area (Å²) in [4.78, 5) is 29.2. The first-order valence-electron chi connectivity index (χ1n) is 7.34. The molecule has 2 aromatic carbocycles. The Balaban J connectivity index is 2.11. The van der Waals surface area contributed by atoms with Crippen LogP contribution in [0.3, 0.4) is 0 Å². The van der Waals surface area contributed by atoms with Gasteiger partial charge in [-0.2, -0.15) is 5.06 Å². The normalized spacial score (nSPS) is 10.2. The van der Waals surface area contributed by atoms with Crippen molar-refractivity contribution in [2.45, 2.75) is 13.3 Å². The average molecular weight is 313 g/mol. The van der Waals surface area contributed by atoms with Crippen LogP contribution in [0, 0.1) is 0 Å². The molecule has 0 fully saturated rings. The zero-order valence-electron chi connectivity index (χ0n) is 13.2. The van der Waals surface area contributed by atoms with Crippen molar-refractivity contribution in [2.24, 2.45) is 0 Å². The van der Waals surface area contributed by atoms with Crippen LogP contribution in [0.5, 0.6) is 0 Å². The molecule has 120 valence electrons. The average Bonchev–Trinajstić information content (AvgIpc) is 2.57. The highest BCUT2D eigenvalue weighted by Gasteiger charge is 2.17. The van der Waals surface area contributed by atoms with E-state index in [1.54, 1.807) is 31.2 Å². The molecule has 0 bridgehead atoms. The molecule has 5 nitrogen and oxygen atoms in total. The van der Waals surface area contributed by atoms with E-state index in [9.17, 15) is 9.59 Å². The molecule has 23 heavy (non-hydrogen) atoms. The third kappa shape index (κ3) is 4.40. The molecule has 0 heterocycles. The number of amides is 1. The zero-order chi connectivity index (χ0) is 16.7. The van der Waals surface area contributed by atoms with E-state index in [0.29, 0.717) is 17.9 Å². The first-order chi connectivity index (χ1) is 11.2. The van der Waals surface area contributed by atoms with Gasteiger partial charge >= 0.3 is 5.97 Å². The quantitative estimate of drug-likeness (QED) is 0.607. The molecule has 0 radical (unpaired) electrons. The van der Waals surface area contributed by atoms with Crippen molar-refractivity contribution in [3.8, 4) is 0 Å². The van der Waals surface area contributed by atoms with Crippen molar-refractivity contribution in [3.63, 3.8) is 0 Å². The smallest absolute Gasteiger partial charge is 0.338 e. The second kappa shape index (κ2) is 8.10. The van der Waals surface area contributed by atoms with Crippen LogP contribution in [0.2, 0.25) is 0 Å². The minimum absolute atomic E-state index is 0.192. The van der Waals surface area contributed by atoms with E-state index in [2.05, 4.69) is 0 Å². The maximum absolute atomic E-state index is 12.4. The van der Waals surface area contributed by atoms with E-state index in [1.165, 1.54) is 12.2 Å². The monoisotopic (exact) mass is 313 g/mol. The van der Waals surface area contributed by atoms with Gasteiger partial charge < -0.3 is 4.74 Å². The summed E-state index contributed by atoms with van der Waals surface area (Å²) in [5.74, 6) is -0.582. The van der Waals surface area contributed by atoms with Crippen LogP contribution in [0.4, 0.5) is 5.69 Å². The highest BCUT2D eigenvalue weighted by Crippen LogP contribution is 2.17. The predicted octanol–water partition coefficient (Wildman–Crippen LogP) is 3.00. The zero-order valence-corrected chi connectivity index (χ0v) is 13.2. The molecular weight excluding hydrogens is 294 g/mol. The number of benzene rings is 2. The van der Waals surface area contributed by atoms with Gasteiger partial charge in [0.15, 0.2) is 0 Å². The Morgan fingerprint density at radius 2 is 1.65 bits per heavy atom. The maximum Gasteiger partial charge on any atom is 0.338 e. The molecule has 1 amide bonds. The third-order valence-corrected chi connectivity index (χ3v) is 3.22. The summed E-state index contributed by atoms with van der Waals surface area (Å²) in [6, 6.07) is 15.9. The number of carbonyl (C=O) groups excluding carboxylic acids is 2. The lowest BCUT2D eigenvalue weighted by molar-refractivity contribution is -0.124. The lowest BCUT2D eigenvalue weighted by Crippen LogP contribution is -2.31. The summed E-state index contributed by atoms with van der Waals surface area (Å²) in [5, 5.41) is 1.21. The van der Waals surface area contributed by atoms with Crippen LogP contribution < -0.4 is 5.06 Å². The van der Waals surface area contributed by atoms with Crippen LogP contribution in [0.15, 0.2) is 54.6 Å². The van der Waals surface area contributed by atoms with Gasteiger partial charge in [0.25, 0.3) is 5.91 Å². The summed E-state index contributed by atoms with van der Waals surface area (Å²) < 4.78 is 4.93. The largest absolute Gasteiger partial charge is 0.462 e. The second-order valence-corrected chi connectivity index (χ2v) is 4.80. The minimum atomic E-state index is -0.390. The Bertz CT molecular complexity index is 652. The summed E-state index contributed by atoms with van der Waals surface area (Å²) in [5.41, 5.74) is 1.89. The standard InChI is InChI=1S/C18H19NO4/c1-3-23-18(21)15-9-11-16(12-10-15)19(22-2)17(20)13-14-7-5-4-6-8-14/h4-12H,3,13H2,1-2H3. The van der Waals surface area contributed by atoms with Crippen LogP contribution in [0.1, 0.15) is 22.8 Å². The topological polar surface area (TPSA) is 55.8 Å². The van der Waals surface area contributed by atoms with E-state index in [-0.39, 0.29) is 12.3 Å². The molecule has 2 rings (SSSR count). The Morgan fingerprint density at radius 1 is 1.00 bits per heavy atom. The number of nitrogens with zero attached hydrogens (tertiary/aromatic N) is 1. The fraction of sp³-hybridized carbons (Fsp3) is 0.222. The van der Waals surface area contributed by atoms with E-state index in [1.807, 2.05) is 30.3 Å². The summed E-state index contributed by atoms with van der Waals surface area (Å²) in [6.07, 6.45) is 0.230. The van der Waals surface area contributed by atoms with Crippen LogP contribution in [-0.2, 0) is 20.8 Å². The van der Waals surface area contributed by atoms with Gasteiger partial charge in [-0.25, -0.2) is 4.79 Å². The molecule has 2 aromatic rings. The molecule has 0 aliphatic heterocycles. The van der Waals surface area contributed by atoms with Crippen LogP contribution >= 0.6 is 0 Å². The van der Waals surface area contributed by atoms with E-state index >= 15 is 0 Å². The van der Waals surface area contributed by atoms with Gasteiger partial charge in [-0.1, -0.05) is 30.3 Å². The highest BCUT2D eigenvalue weighted by molar-refractivity contribution is 5.94. The van der Waals surface area contributed by atoms with Gasteiger partial charge in [0.2, 0.25) is 0 Å². The lowest BCUT2D eigenvalue weighted by atomic mass is 10.1. The molecule has 0 atom stereocenters. The Labute approximate surface area is 135 Å². The fourth-order valence-electron chi connectivity index (χ4n) is 2.14. The highest BCUT2D eigenvalue weighted by atomic mass is 16.7. The van der Waals surface area contributed by atoms with Crippen molar-refractivity contribution in [3.05, 3.63) is 65.7 Å². The summed E-state index contributed by atoms with van der Waals surface area (Å²) in [7, 11) is 1.43. The van der Waals surface area contributed by atoms with Gasteiger partial charge in [-0.3, -0.25) is 9.63 Å². The van der Waals surface area contributed by atoms with Crippen LogP contribution in [0.25, 0.3) is 0 Å². The van der Waals surface area contributed by atoms with Gasteiger partial charge in [0.1, 0.15) is 0 Å². The fourth-order valence-corrected chi connectivity index (χ4v) is 2.14. The molecule has 0 spiro atoms. The first kappa shape index (κ1) is 16.7. The van der Waals surface area contributed by atoms with Gasteiger partial charge in [0, 0.05) is 0 Å². The molecule has 0 aliphatic rings. The number of hydrogen-bond acceptors (Lipinski definition) is 4. The minimum Gasteiger partial charge on any atom is -0.462 e. The number of rotatable bonds is 6. The molecule has 0 aromatic heterocycles. The van der Waals surface area contributed by atoms with Gasteiger partial charge in [0.05, 0.1) is 31.4 Å². The predicted molar refractivity (Wildman–Crippen MR) is 87.0 cm³/mol. The molecule has 0 saturated carbocycles. The lowest BCUT2D eigenvalue weighted by Gasteiger charge is -2.20. The van der Waals surface area contributed by atoms with Crippen LogP contribution in [-0.4, -0.2) is 25.6 Å². The maximum atomic E-state index is 12.4. The molecule has 0 saturated heterocycles. The van der Waals surface area contributed by atoms with Crippen molar-refractivity contribution in [2.75, 3.05) is 18.8 Å². The first-order valence-corrected chi connectivity index (χ1v) is 7.34. The number of hydroxylamine groups is 1. The number of carbonyl (C=O) groups is 2. The molecule has 0 aliphatic carbocycles. The Kier molecular flexibility index (Phi) is 5.88. The number of esters is 1. The van der Waals surface area contributed by atoms with Crippen molar-refractivity contribution >= 4 is 17.6 Å². The molecule has 0 unspecified atom stereocenters. The number of ether oxygens (including phenoxy) is 1. The SMILES string of the molecule is CCOC(=O)c1ccc(N(OC)C(=O)Cc2ccccc2)cc1. The van der Waals surface area contributed by atoms with Gasteiger partial charge in [-0.15, -0.1) is 0 Å². The van der Waals surface area contributed by atoms with Crippen molar-refractivity contribution < 1.29 is 19.2 Å². The Morgan fingerprint density at radius 3 is 2.22 bits per heavy atom. The molecule has 5 heteroatoms. The number of anilines is 1. The second-order valence-electron chi connectivity index (χ2n) is 4.80. The van der Waals surface area contributed by atoms with Crippen molar-refractivity contribution in [1.82, 2.24) is 0 Å².